The summed E-state index contributed by atoms with van der Waals surface area (Å²) in [7, 11) is 0. The zero-order chi connectivity index (χ0) is 17.8. The number of nitrogens with zero attached hydrogens (tertiary/aromatic N) is 3. The lowest BCUT2D eigenvalue weighted by molar-refractivity contribution is 0.0718. The highest BCUT2D eigenvalue weighted by Crippen LogP contribution is 2.21. The normalized spacial score (nSPS) is 24.1. The first-order valence-electron chi connectivity index (χ1n) is 9.34. The Labute approximate surface area is 149 Å². The average molecular weight is 344 g/mol. The van der Waals surface area contributed by atoms with Crippen molar-refractivity contribution in [3.63, 3.8) is 0 Å². The van der Waals surface area contributed by atoms with Gasteiger partial charge in [0.2, 0.25) is 0 Å². The summed E-state index contributed by atoms with van der Waals surface area (Å²) in [6.07, 6.45) is 6.06. The second-order valence-electron chi connectivity index (χ2n) is 7.57. The van der Waals surface area contributed by atoms with Gasteiger partial charge < -0.3 is 15.1 Å². The van der Waals surface area contributed by atoms with E-state index in [0.717, 1.165) is 39.0 Å². The van der Waals surface area contributed by atoms with Crippen LogP contribution in [0.1, 0.15) is 50.0 Å². The maximum absolute atomic E-state index is 12.4. The largest absolute Gasteiger partial charge is 0.337 e. The molecular weight excluding hydrogens is 316 g/mol. The Kier molecular flexibility index (Phi) is 5.56. The molecule has 2 aliphatic heterocycles. The van der Waals surface area contributed by atoms with Gasteiger partial charge >= 0.3 is 6.03 Å². The zero-order valence-electron chi connectivity index (χ0n) is 15.2. The number of pyridine rings is 1. The van der Waals surface area contributed by atoms with E-state index in [4.69, 9.17) is 0 Å². The van der Waals surface area contributed by atoms with E-state index in [1.807, 2.05) is 9.80 Å². The van der Waals surface area contributed by atoms with Crippen LogP contribution in [-0.4, -0.2) is 52.9 Å². The van der Waals surface area contributed by atoms with E-state index in [1.165, 1.54) is 12.8 Å². The number of carbonyl (C=O) groups is 2. The maximum atomic E-state index is 12.4. The highest BCUT2D eigenvalue weighted by molar-refractivity contribution is 5.93. The number of nitrogens with one attached hydrogen (secondary N) is 1. The molecule has 25 heavy (non-hydrogen) atoms. The summed E-state index contributed by atoms with van der Waals surface area (Å²) in [4.78, 5) is 32.8. The van der Waals surface area contributed by atoms with Gasteiger partial charge in [0.05, 0.1) is 11.9 Å². The number of aromatic nitrogens is 1. The molecule has 2 atom stereocenters. The van der Waals surface area contributed by atoms with E-state index in [0.29, 0.717) is 23.2 Å². The van der Waals surface area contributed by atoms with Crippen molar-refractivity contribution in [2.24, 2.45) is 11.8 Å². The lowest BCUT2D eigenvalue weighted by atomic mass is 9.92. The van der Waals surface area contributed by atoms with Gasteiger partial charge in [0.1, 0.15) is 5.69 Å². The Hall–Kier alpha value is -2.11. The summed E-state index contributed by atoms with van der Waals surface area (Å²) >= 11 is 0. The van der Waals surface area contributed by atoms with Crippen LogP contribution in [0.15, 0.2) is 18.3 Å². The van der Waals surface area contributed by atoms with Crippen LogP contribution >= 0.6 is 0 Å². The van der Waals surface area contributed by atoms with Crippen molar-refractivity contribution in [1.82, 2.24) is 14.8 Å². The van der Waals surface area contributed by atoms with E-state index in [2.05, 4.69) is 24.1 Å². The van der Waals surface area contributed by atoms with E-state index in [-0.39, 0.29) is 11.9 Å². The Bertz CT molecular complexity index is 600. The van der Waals surface area contributed by atoms with Crippen molar-refractivity contribution in [1.29, 1.82) is 0 Å². The number of hydrogen-bond donors (Lipinski definition) is 1. The third kappa shape index (κ3) is 4.50. The summed E-state index contributed by atoms with van der Waals surface area (Å²) in [5.74, 6) is 1.03. The Balaban J connectivity index is 1.58. The molecule has 2 aliphatic rings. The third-order valence-electron chi connectivity index (χ3n) is 5.03. The molecule has 0 spiro atoms. The van der Waals surface area contributed by atoms with E-state index < -0.39 is 0 Å². The second-order valence-corrected chi connectivity index (χ2v) is 7.57. The van der Waals surface area contributed by atoms with Crippen molar-refractivity contribution >= 4 is 17.6 Å². The van der Waals surface area contributed by atoms with E-state index in [9.17, 15) is 9.59 Å². The van der Waals surface area contributed by atoms with Gasteiger partial charge in [0, 0.05) is 26.2 Å². The molecule has 6 heteroatoms. The third-order valence-corrected chi connectivity index (χ3v) is 5.03. The number of amides is 3. The first kappa shape index (κ1) is 17.7. The van der Waals surface area contributed by atoms with Gasteiger partial charge in [-0.25, -0.2) is 9.78 Å². The summed E-state index contributed by atoms with van der Waals surface area (Å²) in [6.45, 7) is 7.55. The van der Waals surface area contributed by atoms with Gasteiger partial charge in [-0.3, -0.25) is 4.79 Å². The average Bonchev–Trinajstić information content (AvgIpc) is 2.61. The fourth-order valence-electron chi connectivity index (χ4n) is 3.88. The molecule has 3 amide bonds. The molecule has 136 valence electrons. The summed E-state index contributed by atoms with van der Waals surface area (Å²) in [5.41, 5.74) is 1.08. The molecule has 2 fully saturated rings. The number of carbonyl (C=O) groups excluding carboxylic acids is 2. The van der Waals surface area contributed by atoms with Gasteiger partial charge in [-0.1, -0.05) is 13.8 Å². The maximum Gasteiger partial charge on any atom is 0.321 e. The fraction of sp³-hybridized carbons (Fsp3) is 0.632. The minimum atomic E-state index is -0.0877. The van der Waals surface area contributed by atoms with Crippen LogP contribution in [-0.2, 0) is 0 Å². The molecule has 1 aromatic heterocycles. The lowest BCUT2D eigenvalue weighted by Gasteiger charge is -2.34. The molecule has 6 nitrogen and oxygen atoms in total. The van der Waals surface area contributed by atoms with Crippen molar-refractivity contribution in [2.45, 2.75) is 39.5 Å². The van der Waals surface area contributed by atoms with Crippen molar-refractivity contribution in [3.05, 3.63) is 24.0 Å². The van der Waals surface area contributed by atoms with Crippen LogP contribution < -0.4 is 5.32 Å². The van der Waals surface area contributed by atoms with Crippen LogP contribution in [0.5, 0.6) is 0 Å². The molecule has 0 aliphatic carbocycles. The highest BCUT2D eigenvalue weighted by atomic mass is 16.2. The number of urea groups is 1. The summed E-state index contributed by atoms with van der Waals surface area (Å²) in [6, 6.07) is 3.38. The molecule has 1 N–H and O–H groups in total. The number of rotatable bonds is 2. The van der Waals surface area contributed by atoms with Crippen molar-refractivity contribution < 1.29 is 9.59 Å². The molecule has 0 saturated carbocycles. The molecule has 0 bridgehead atoms. The second kappa shape index (κ2) is 7.85. The SMILES string of the molecule is C[C@@H]1C[C@@H](C)CN(C(=O)Nc2ccc(C(=O)N3CCCCC3)nc2)C1. The highest BCUT2D eigenvalue weighted by Gasteiger charge is 2.25. The Morgan fingerprint density at radius 3 is 2.32 bits per heavy atom. The van der Waals surface area contributed by atoms with Gasteiger partial charge in [-0.2, -0.15) is 0 Å². The van der Waals surface area contributed by atoms with Crippen LogP contribution in [0.2, 0.25) is 0 Å². The minimum absolute atomic E-state index is 0.0174. The van der Waals surface area contributed by atoms with Gasteiger partial charge in [0.25, 0.3) is 5.91 Å². The van der Waals surface area contributed by atoms with Gasteiger partial charge in [-0.05, 0) is 49.7 Å². The fourth-order valence-corrected chi connectivity index (χ4v) is 3.88. The summed E-state index contributed by atoms with van der Waals surface area (Å²) in [5, 5.41) is 2.90. The molecule has 3 heterocycles. The standard InChI is InChI=1S/C19H28N4O2/c1-14-10-15(2)13-23(12-14)19(25)21-16-6-7-17(20-11-16)18(24)22-8-4-3-5-9-22/h6-7,11,14-15H,3-5,8-10,12-13H2,1-2H3,(H,21,25)/t14-,15-/m1/s1. The molecule has 1 aromatic rings. The van der Waals surface area contributed by atoms with E-state index >= 15 is 0 Å². The van der Waals surface area contributed by atoms with Gasteiger partial charge in [0.15, 0.2) is 0 Å². The first-order valence-corrected chi connectivity index (χ1v) is 9.34. The monoisotopic (exact) mass is 344 g/mol. The zero-order valence-corrected chi connectivity index (χ0v) is 15.2. The van der Waals surface area contributed by atoms with Crippen molar-refractivity contribution in [3.8, 4) is 0 Å². The van der Waals surface area contributed by atoms with Crippen LogP contribution in [0, 0.1) is 11.8 Å². The smallest absolute Gasteiger partial charge is 0.321 e. The van der Waals surface area contributed by atoms with E-state index in [1.54, 1.807) is 18.3 Å². The molecular formula is C19H28N4O2. The Morgan fingerprint density at radius 2 is 1.72 bits per heavy atom. The van der Waals surface area contributed by atoms with Crippen LogP contribution in [0.3, 0.4) is 0 Å². The number of piperidine rings is 2. The molecule has 3 rings (SSSR count). The quantitative estimate of drug-likeness (QED) is 0.896. The van der Waals surface area contributed by atoms with Gasteiger partial charge in [-0.15, -0.1) is 0 Å². The predicted octanol–water partition coefficient (Wildman–Crippen LogP) is 3.22. The van der Waals surface area contributed by atoms with Crippen LogP contribution in [0.25, 0.3) is 0 Å². The molecule has 0 unspecified atom stereocenters. The predicted molar refractivity (Wildman–Crippen MR) is 97.5 cm³/mol. The topological polar surface area (TPSA) is 65.5 Å². The molecule has 0 radical (unpaired) electrons. The minimum Gasteiger partial charge on any atom is -0.337 e. The molecule has 2 saturated heterocycles. The van der Waals surface area contributed by atoms with Crippen LogP contribution in [0.4, 0.5) is 10.5 Å². The lowest BCUT2D eigenvalue weighted by Crippen LogP contribution is -2.44. The first-order chi connectivity index (χ1) is 12.0. The molecule has 0 aromatic carbocycles. The number of likely N-dealkylation sites (tertiary alicyclic amines) is 2. The Morgan fingerprint density at radius 1 is 1.04 bits per heavy atom. The summed E-state index contributed by atoms with van der Waals surface area (Å²) < 4.78 is 0. The number of hydrogen-bond acceptors (Lipinski definition) is 3. The number of anilines is 1. The van der Waals surface area contributed by atoms with Crippen molar-refractivity contribution in [2.75, 3.05) is 31.5 Å².